The van der Waals surface area contributed by atoms with Crippen molar-refractivity contribution in [1.29, 1.82) is 0 Å². The van der Waals surface area contributed by atoms with Gasteiger partial charge in [-0.15, -0.1) is 10.2 Å². The molecular formula is C11H7ClN4OS2. The van der Waals surface area contributed by atoms with Crippen LogP contribution in [0.1, 0.15) is 5.82 Å². The van der Waals surface area contributed by atoms with Crippen molar-refractivity contribution in [2.75, 3.05) is 0 Å². The first kappa shape index (κ1) is 12.6. The minimum absolute atomic E-state index is 0.180. The van der Waals surface area contributed by atoms with Gasteiger partial charge in [0.15, 0.2) is 4.34 Å². The lowest BCUT2D eigenvalue weighted by Gasteiger charge is -2.01. The molecule has 2 heterocycles. The Labute approximate surface area is 121 Å². The van der Waals surface area contributed by atoms with Gasteiger partial charge in [0.2, 0.25) is 0 Å². The smallest absolute Gasteiger partial charge is 0.258 e. The van der Waals surface area contributed by atoms with Gasteiger partial charge < -0.3 is 4.98 Å². The molecule has 96 valence electrons. The molecule has 0 radical (unpaired) electrons. The molecule has 1 aromatic carbocycles. The first-order valence-corrected chi connectivity index (χ1v) is 7.54. The number of hydrogen-bond donors (Lipinski definition) is 1. The number of H-pyrrole nitrogens is 1. The molecule has 2 aromatic heterocycles. The van der Waals surface area contributed by atoms with Crippen LogP contribution in [0.15, 0.2) is 32.8 Å². The number of nitrogens with zero attached hydrogens (tertiary/aromatic N) is 3. The molecule has 0 atom stereocenters. The fraction of sp³-hybridized carbons (Fsp3) is 0.0909. The van der Waals surface area contributed by atoms with Crippen LogP contribution in [0, 0.1) is 0 Å². The molecule has 1 N–H and O–H groups in total. The van der Waals surface area contributed by atoms with Crippen LogP contribution in [0.3, 0.4) is 0 Å². The first-order valence-electron chi connectivity index (χ1n) is 5.30. The summed E-state index contributed by atoms with van der Waals surface area (Å²) in [5.74, 6) is 1.16. The van der Waals surface area contributed by atoms with E-state index in [1.54, 1.807) is 23.7 Å². The second-order valence-electron chi connectivity index (χ2n) is 3.67. The van der Waals surface area contributed by atoms with Gasteiger partial charge in [0.1, 0.15) is 11.3 Å². The molecule has 0 amide bonds. The number of hydrogen-bond acceptors (Lipinski definition) is 6. The Bertz CT molecular complexity index is 772. The summed E-state index contributed by atoms with van der Waals surface area (Å²) in [6, 6.07) is 5.08. The van der Waals surface area contributed by atoms with Gasteiger partial charge in [-0.2, -0.15) is 0 Å². The summed E-state index contributed by atoms with van der Waals surface area (Å²) in [6.45, 7) is 0. The Hall–Kier alpha value is -1.44. The SMILES string of the molecule is O=c1[nH]c(CSc2nncs2)nc2ccc(Cl)cc12. The van der Waals surface area contributed by atoms with Gasteiger partial charge >= 0.3 is 0 Å². The number of aromatic amines is 1. The van der Waals surface area contributed by atoms with E-state index < -0.39 is 0 Å². The molecule has 0 saturated carbocycles. The van der Waals surface area contributed by atoms with Gasteiger partial charge in [0, 0.05) is 5.02 Å². The molecule has 3 aromatic rings. The number of aromatic nitrogens is 4. The lowest BCUT2D eigenvalue weighted by molar-refractivity contribution is 1.00. The third-order valence-electron chi connectivity index (χ3n) is 2.39. The largest absolute Gasteiger partial charge is 0.309 e. The summed E-state index contributed by atoms with van der Waals surface area (Å²) < 4.78 is 0.846. The highest BCUT2D eigenvalue weighted by Crippen LogP contribution is 2.22. The van der Waals surface area contributed by atoms with E-state index in [0.29, 0.717) is 27.5 Å². The van der Waals surface area contributed by atoms with Gasteiger partial charge in [0.05, 0.1) is 16.7 Å². The molecular weight excluding hydrogens is 304 g/mol. The summed E-state index contributed by atoms with van der Waals surface area (Å²) in [5, 5.41) is 8.70. The van der Waals surface area contributed by atoms with Crippen molar-refractivity contribution in [2.45, 2.75) is 10.1 Å². The minimum Gasteiger partial charge on any atom is -0.309 e. The molecule has 0 bridgehead atoms. The minimum atomic E-state index is -0.180. The monoisotopic (exact) mass is 310 g/mol. The van der Waals surface area contributed by atoms with E-state index in [2.05, 4.69) is 20.2 Å². The van der Waals surface area contributed by atoms with Crippen LogP contribution in [0.2, 0.25) is 5.02 Å². The third-order valence-corrected chi connectivity index (χ3v) is 4.50. The average Bonchev–Trinajstić information content (AvgIpc) is 2.90. The fourth-order valence-electron chi connectivity index (χ4n) is 1.58. The Balaban J connectivity index is 1.93. The van der Waals surface area contributed by atoms with Gasteiger partial charge in [-0.05, 0) is 18.2 Å². The van der Waals surface area contributed by atoms with E-state index in [0.717, 1.165) is 4.34 Å². The fourth-order valence-corrected chi connectivity index (χ4v) is 3.11. The molecule has 3 rings (SSSR count). The highest BCUT2D eigenvalue weighted by Gasteiger charge is 2.06. The highest BCUT2D eigenvalue weighted by molar-refractivity contribution is 8.00. The van der Waals surface area contributed by atoms with Crippen molar-refractivity contribution in [3.8, 4) is 0 Å². The molecule has 5 nitrogen and oxygen atoms in total. The van der Waals surface area contributed by atoms with Crippen molar-refractivity contribution in [3.63, 3.8) is 0 Å². The molecule has 0 unspecified atom stereocenters. The Morgan fingerprint density at radius 1 is 1.42 bits per heavy atom. The van der Waals surface area contributed by atoms with Crippen molar-refractivity contribution in [2.24, 2.45) is 0 Å². The van der Waals surface area contributed by atoms with Crippen LogP contribution in [-0.4, -0.2) is 20.2 Å². The number of fused-ring (bicyclic) bond motifs is 1. The zero-order valence-corrected chi connectivity index (χ0v) is 11.8. The van der Waals surface area contributed by atoms with Crippen LogP contribution < -0.4 is 5.56 Å². The van der Waals surface area contributed by atoms with Crippen LogP contribution in [0.4, 0.5) is 0 Å². The van der Waals surface area contributed by atoms with E-state index in [4.69, 9.17) is 11.6 Å². The van der Waals surface area contributed by atoms with Crippen LogP contribution in [0.5, 0.6) is 0 Å². The maximum absolute atomic E-state index is 11.9. The van der Waals surface area contributed by atoms with Gasteiger partial charge in [-0.25, -0.2) is 4.98 Å². The van der Waals surface area contributed by atoms with Gasteiger partial charge in [0.25, 0.3) is 5.56 Å². The predicted molar refractivity (Wildman–Crippen MR) is 76.8 cm³/mol. The molecule has 0 spiro atoms. The summed E-state index contributed by atoms with van der Waals surface area (Å²) in [5.41, 5.74) is 2.13. The molecule has 19 heavy (non-hydrogen) atoms. The molecule has 0 saturated heterocycles. The van der Waals surface area contributed by atoms with Gasteiger partial charge in [-0.1, -0.05) is 34.7 Å². The lowest BCUT2D eigenvalue weighted by Crippen LogP contribution is -2.11. The Morgan fingerprint density at radius 2 is 2.32 bits per heavy atom. The highest BCUT2D eigenvalue weighted by atomic mass is 35.5. The van der Waals surface area contributed by atoms with Crippen molar-refractivity contribution < 1.29 is 0 Å². The average molecular weight is 311 g/mol. The maximum Gasteiger partial charge on any atom is 0.258 e. The number of nitrogens with one attached hydrogen (secondary N) is 1. The normalized spacial score (nSPS) is 11.0. The van der Waals surface area contributed by atoms with Crippen molar-refractivity contribution in [1.82, 2.24) is 20.2 Å². The van der Waals surface area contributed by atoms with Crippen molar-refractivity contribution >= 4 is 45.6 Å². The zero-order chi connectivity index (χ0) is 13.2. The third kappa shape index (κ3) is 2.78. The summed E-state index contributed by atoms with van der Waals surface area (Å²) in [7, 11) is 0. The van der Waals surface area contributed by atoms with E-state index in [1.807, 2.05) is 0 Å². The molecule has 0 aliphatic carbocycles. The van der Waals surface area contributed by atoms with E-state index in [9.17, 15) is 4.79 Å². The summed E-state index contributed by atoms with van der Waals surface area (Å²) >= 11 is 8.80. The molecule has 0 aliphatic rings. The van der Waals surface area contributed by atoms with Crippen LogP contribution in [-0.2, 0) is 5.75 Å². The standard InChI is InChI=1S/C11H7ClN4OS2/c12-6-1-2-8-7(3-6)10(17)15-9(14-8)4-18-11-16-13-5-19-11/h1-3,5H,4H2,(H,14,15,17). The lowest BCUT2D eigenvalue weighted by atomic mass is 10.2. The quantitative estimate of drug-likeness (QED) is 0.753. The molecule has 0 aliphatic heterocycles. The molecule has 0 fully saturated rings. The first-order chi connectivity index (χ1) is 9.22. The topological polar surface area (TPSA) is 71.5 Å². The Kier molecular flexibility index (Phi) is 3.50. The molecule has 8 heteroatoms. The Morgan fingerprint density at radius 3 is 3.11 bits per heavy atom. The maximum atomic E-state index is 11.9. The van der Waals surface area contributed by atoms with Gasteiger partial charge in [-0.3, -0.25) is 4.79 Å². The second-order valence-corrected chi connectivity index (χ2v) is 6.16. The number of rotatable bonds is 3. The zero-order valence-electron chi connectivity index (χ0n) is 9.46. The van der Waals surface area contributed by atoms with Crippen LogP contribution >= 0.6 is 34.7 Å². The number of halogens is 1. The second kappa shape index (κ2) is 5.28. The van der Waals surface area contributed by atoms with E-state index in [1.165, 1.54) is 23.1 Å². The van der Waals surface area contributed by atoms with E-state index in [-0.39, 0.29) is 5.56 Å². The predicted octanol–water partition coefficient (Wildman–Crippen LogP) is 2.72. The summed E-state index contributed by atoms with van der Waals surface area (Å²) in [6.07, 6.45) is 0. The number of thioether (sulfide) groups is 1. The van der Waals surface area contributed by atoms with Crippen molar-refractivity contribution in [3.05, 3.63) is 44.9 Å². The summed E-state index contributed by atoms with van der Waals surface area (Å²) in [4.78, 5) is 19.1. The van der Waals surface area contributed by atoms with E-state index >= 15 is 0 Å². The number of benzene rings is 1. The van der Waals surface area contributed by atoms with Crippen LogP contribution in [0.25, 0.3) is 10.9 Å².